The normalized spacial score (nSPS) is 16.3. The zero-order chi connectivity index (χ0) is 9.80. The largest absolute Gasteiger partial charge is 0.298 e. The van der Waals surface area contributed by atoms with Gasteiger partial charge in [0.05, 0.1) is 0 Å². The molecule has 1 aliphatic heterocycles. The van der Waals surface area contributed by atoms with E-state index in [1.165, 1.54) is 24.1 Å². The summed E-state index contributed by atoms with van der Waals surface area (Å²) in [6.07, 6.45) is 4.30. The van der Waals surface area contributed by atoms with Crippen molar-refractivity contribution in [2.45, 2.75) is 19.4 Å². The molecule has 1 heteroatoms. The van der Waals surface area contributed by atoms with Crippen molar-refractivity contribution >= 4 is 0 Å². The van der Waals surface area contributed by atoms with Crippen LogP contribution in [-0.4, -0.2) is 18.0 Å². The van der Waals surface area contributed by atoms with Crippen LogP contribution in [0, 0.1) is 0 Å². The maximum atomic E-state index is 3.76. The standard InChI is InChI=1S/C13H17N/c1-2-3-9-14-10-8-12-6-4-5-7-13(12)11-14/h2,4-7H,1,3,8-11H2. The quantitative estimate of drug-likeness (QED) is 0.657. The second-order valence-corrected chi connectivity index (χ2v) is 3.87. The van der Waals surface area contributed by atoms with Gasteiger partial charge in [0.25, 0.3) is 0 Å². The minimum absolute atomic E-state index is 1.10. The number of hydrogen-bond acceptors (Lipinski definition) is 1. The van der Waals surface area contributed by atoms with Gasteiger partial charge in [0.2, 0.25) is 0 Å². The fraction of sp³-hybridized carbons (Fsp3) is 0.385. The van der Waals surface area contributed by atoms with Crippen molar-refractivity contribution in [1.29, 1.82) is 0 Å². The lowest BCUT2D eigenvalue weighted by atomic mass is 10.00. The van der Waals surface area contributed by atoms with Gasteiger partial charge in [-0.1, -0.05) is 30.3 Å². The molecular weight excluding hydrogens is 170 g/mol. The molecule has 0 N–H and O–H groups in total. The highest BCUT2D eigenvalue weighted by Gasteiger charge is 2.13. The molecule has 0 amide bonds. The highest BCUT2D eigenvalue weighted by molar-refractivity contribution is 5.28. The molecule has 2 rings (SSSR count). The maximum Gasteiger partial charge on any atom is 0.0236 e. The van der Waals surface area contributed by atoms with E-state index >= 15 is 0 Å². The number of hydrogen-bond donors (Lipinski definition) is 0. The number of rotatable bonds is 3. The van der Waals surface area contributed by atoms with Crippen molar-refractivity contribution in [2.75, 3.05) is 13.1 Å². The fourth-order valence-electron chi connectivity index (χ4n) is 2.02. The van der Waals surface area contributed by atoms with Crippen molar-refractivity contribution in [2.24, 2.45) is 0 Å². The minimum Gasteiger partial charge on any atom is -0.298 e. The number of benzene rings is 1. The van der Waals surface area contributed by atoms with Crippen LogP contribution in [0.5, 0.6) is 0 Å². The van der Waals surface area contributed by atoms with Gasteiger partial charge < -0.3 is 0 Å². The van der Waals surface area contributed by atoms with Crippen LogP contribution in [0.25, 0.3) is 0 Å². The van der Waals surface area contributed by atoms with E-state index in [9.17, 15) is 0 Å². The molecule has 1 aromatic carbocycles. The fourth-order valence-corrected chi connectivity index (χ4v) is 2.02. The van der Waals surface area contributed by atoms with Crippen molar-refractivity contribution < 1.29 is 0 Å². The molecule has 0 unspecified atom stereocenters. The first kappa shape index (κ1) is 9.47. The first-order valence-electron chi connectivity index (χ1n) is 5.30. The second-order valence-electron chi connectivity index (χ2n) is 3.87. The summed E-state index contributed by atoms with van der Waals surface area (Å²) in [6, 6.07) is 8.77. The maximum absolute atomic E-state index is 3.76. The average molecular weight is 187 g/mol. The first-order valence-corrected chi connectivity index (χ1v) is 5.30. The van der Waals surface area contributed by atoms with E-state index < -0.39 is 0 Å². The summed E-state index contributed by atoms with van der Waals surface area (Å²) in [6.45, 7) is 7.23. The Bertz CT molecular complexity index is 317. The molecule has 0 fully saturated rings. The molecule has 1 aromatic rings. The monoisotopic (exact) mass is 187 g/mol. The van der Waals surface area contributed by atoms with Crippen molar-refractivity contribution in [1.82, 2.24) is 4.90 Å². The number of fused-ring (bicyclic) bond motifs is 1. The molecule has 74 valence electrons. The summed E-state index contributed by atoms with van der Waals surface area (Å²) in [4.78, 5) is 2.50. The molecule has 0 saturated heterocycles. The Labute approximate surface area is 86.1 Å². The van der Waals surface area contributed by atoms with Crippen LogP contribution in [0.2, 0.25) is 0 Å². The zero-order valence-electron chi connectivity index (χ0n) is 8.58. The smallest absolute Gasteiger partial charge is 0.0236 e. The van der Waals surface area contributed by atoms with E-state index in [4.69, 9.17) is 0 Å². The summed E-state index contributed by atoms with van der Waals surface area (Å²) in [7, 11) is 0. The molecule has 0 radical (unpaired) electrons. The summed E-state index contributed by atoms with van der Waals surface area (Å²) in [5.41, 5.74) is 3.03. The van der Waals surface area contributed by atoms with Gasteiger partial charge in [0.15, 0.2) is 0 Å². The molecule has 1 aliphatic rings. The van der Waals surface area contributed by atoms with E-state index in [-0.39, 0.29) is 0 Å². The van der Waals surface area contributed by atoms with Gasteiger partial charge in [-0.2, -0.15) is 0 Å². The first-order chi connectivity index (χ1) is 6.90. The van der Waals surface area contributed by atoms with Crippen LogP contribution in [0.1, 0.15) is 17.5 Å². The van der Waals surface area contributed by atoms with Gasteiger partial charge in [0.1, 0.15) is 0 Å². The Balaban J connectivity index is 2.02. The van der Waals surface area contributed by atoms with E-state index in [0.29, 0.717) is 0 Å². The SMILES string of the molecule is C=CCCN1CCc2ccccc2C1. The summed E-state index contributed by atoms with van der Waals surface area (Å²) in [5, 5.41) is 0. The molecular formula is C13H17N. The van der Waals surface area contributed by atoms with Crippen molar-refractivity contribution in [3.05, 3.63) is 48.0 Å². The molecule has 1 heterocycles. The molecule has 0 bridgehead atoms. The van der Waals surface area contributed by atoms with E-state index in [2.05, 4.69) is 35.7 Å². The van der Waals surface area contributed by atoms with Crippen LogP contribution in [-0.2, 0) is 13.0 Å². The van der Waals surface area contributed by atoms with Crippen molar-refractivity contribution in [3.63, 3.8) is 0 Å². The molecule has 14 heavy (non-hydrogen) atoms. The van der Waals surface area contributed by atoms with E-state index in [0.717, 1.165) is 19.5 Å². The third-order valence-corrected chi connectivity index (χ3v) is 2.86. The molecule has 0 atom stereocenters. The average Bonchev–Trinajstić information content (AvgIpc) is 2.26. The zero-order valence-corrected chi connectivity index (χ0v) is 8.58. The predicted octanol–water partition coefficient (Wildman–Crippen LogP) is 2.62. The van der Waals surface area contributed by atoms with Crippen LogP contribution in [0.4, 0.5) is 0 Å². The lowest BCUT2D eigenvalue weighted by Crippen LogP contribution is -2.31. The van der Waals surface area contributed by atoms with Crippen LogP contribution in [0.3, 0.4) is 0 Å². The third-order valence-electron chi connectivity index (χ3n) is 2.86. The summed E-state index contributed by atoms with van der Waals surface area (Å²) < 4.78 is 0. The highest BCUT2D eigenvalue weighted by Crippen LogP contribution is 2.18. The van der Waals surface area contributed by atoms with Crippen LogP contribution < -0.4 is 0 Å². The molecule has 0 saturated carbocycles. The minimum atomic E-state index is 1.10. The Morgan fingerprint density at radius 2 is 2.07 bits per heavy atom. The Morgan fingerprint density at radius 3 is 2.86 bits per heavy atom. The molecule has 0 aromatic heterocycles. The van der Waals surface area contributed by atoms with Gasteiger partial charge in [-0.25, -0.2) is 0 Å². The number of nitrogens with zero attached hydrogens (tertiary/aromatic N) is 1. The van der Waals surface area contributed by atoms with E-state index in [1.807, 2.05) is 6.08 Å². The lowest BCUT2D eigenvalue weighted by molar-refractivity contribution is 0.259. The predicted molar refractivity (Wildman–Crippen MR) is 60.2 cm³/mol. The Morgan fingerprint density at radius 1 is 1.29 bits per heavy atom. The second kappa shape index (κ2) is 4.43. The summed E-state index contributed by atoms with van der Waals surface area (Å²) >= 11 is 0. The van der Waals surface area contributed by atoms with Gasteiger partial charge in [-0.3, -0.25) is 4.90 Å². The van der Waals surface area contributed by atoms with Crippen LogP contribution in [0.15, 0.2) is 36.9 Å². The third kappa shape index (κ3) is 2.05. The molecule has 0 aliphatic carbocycles. The van der Waals surface area contributed by atoms with Gasteiger partial charge in [0, 0.05) is 19.6 Å². The van der Waals surface area contributed by atoms with Gasteiger partial charge in [-0.15, -0.1) is 6.58 Å². The topological polar surface area (TPSA) is 3.24 Å². The Kier molecular flexibility index (Phi) is 3.00. The van der Waals surface area contributed by atoms with E-state index in [1.54, 1.807) is 0 Å². The van der Waals surface area contributed by atoms with Crippen LogP contribution >= 0.6 is 0 Å². The van der Waals surface area contributed by atoms with Gasteiger partial charge in [-0.05, 0) is 24.0 Å². The van der Waals surface area contributed by atoms with Crippen molar-refractivity contribution in [3.8, 4) is 0 Å². The lowest BCUT2D eigenvalue weighted by Gasteiger charge is -2.28. The van der Waals surface area contributed by atoms with Gasteiger partial charge >= 0.3 is 0 Å². The molecule has 1 nitrogen and oxygen atoms in total. The summed E-state index contributed by atoms with van der Waals surface area (Å²) in [5.74, 6) is 0. The Hall–Kier alpha value is -1.08. The highest BCUT2D eigenvalue weighted by atomic mass is 15.1. The molecule has 0 spiro atoms.